The minimum atomic E-state index is -1.37. The fourth-order valence-electron chi connectivity index (χ4n) is 2.78. The molecule has 0 atom stereocenters. The first-order chi connectivity index (χ1) is 14.8. The van der Waals surface area contributed by atoms with E-state index in [1.807, 2.05) is 6.92 Å². The number of rotatable bonds is 7. The van der Waals surface area contributed by atoms with Crippen LogP contribution in [-0.4, -0.2) is 37.0 Å². The predicted octanol–water partition coefficient (Wildman–Crippen LogP) is 1.64. The molecule has 10 heteroatoms. The van der Waals surface area contributed by atoms with E-state index in [-0.39, 0.29) is 17.0 Å². The van der Waals surface area contributed by atoms with Crippen LogP contribution in [0.1, 0.15) is 12.5 Å². The lowest BCUT2D eigenvalue weighted by molar-refractivity contribution is -0.307. The number of ether oxygens (including phenoxy) is 2. The van der Waals surface area contributed by atoms with E-state index in [1.54, 1.807) is 12.1 Å². The fourth-order valence-corrected chi connectivity index (χ4v) is 3.29. The highest BCUT2D eigenvalue weighted by Gasteiger charge is 2.36. The van der Waals surface area contributed by atoms with E-state index in [4.69, 9.17) is 9.47 Å². The van der Waals surface area contributed by atoms with E-state index in [2.05, 4.69) is 21.2 Å². The summed E-state index contributed by atoms with van der Waals surface area (Å²) in [5, 5.41) is 12.7. The summed E-state index contributed by atoms with van der Waals surface area (Å²) >= 11 is 3.24. The maximum absolute atomic E-state index is 12.9. The number of benzene rings is 2. The van der Waals surface area contributed by atoms with Gasteiger partial charge in [-0.1, -0.05) is 6.07 Å². The highest BCUT2D eigenvalue weighted by Crippen LogP contribution is 2.28. The molecule has 0 aliphatic carbocycles. The molecule has 0 aromatic heterocycles. The van der Waals surface area contributed by atoms with Gasteiger partial charge in [-0.05, 0) is 70.9 Å². The Morgan fingerprint density at radius 2 is 1.84 bits per heavy atom. The van der Waals surface area contributed by atoms with Gasteiger partial charge in [0.25, 0.3) is 11.8 Å². The number of hydrogen-bond acceptors (Lipinski definition) is 7. The number of imide groups is 2. The van der Waals surface area contributed by atoms with Gasteiger partial charge in [0.2, 0.25) is 0 Å². The summed E-state index contributed by atoms with van der Waals surface area (Å²) in [4.78, 5) is 48.9. The normalized spacial score (nSPS) is 15.1. The van der Waals surface area contributed by atoms with Crippen LogP contribution in [0.5, 0.6) is 11.5 Å². The molecule has 3 rings (SSSR count). The summed E-state index contributed by atoms with van der Waals surface area (Å²) < 4.78 is 10.8. The van der Waals surface area contributed by atoms with Gasteiger partial charge in [-0.2, -0.15) is 0 Å². The molecule has 1 N–H and O–H groups in total. The Balaban J connectivity index is 1.88. The zero-order valence-electron chi connectivity index (χ0n) is 16.2. The molecule has 1 heterocycles. The maximum atomic E-state index is 12.9. The second-order valence-corrected chi connectivity index (χ2v) is 7.09. The first-order valence-electron chi connectivity index (χ1n) is 9.06. The van der Waals surface area contributed by atoms with E-state index >= 15 is 0 Å². The Morgan fingerprint density at radius 3 is 2.45 bits per heavy atom. The summed E-state index contributed by atoms with van der Waals surface area (Å²) in [6, 6.07) is 9.98. The molecule has 9 nitrogen and oxygen atoms in total. The lowest BCUT2D eigenvalue weighted by Crippen LogP contribution is -2.54. The summed E-state index contributed by atoms with van der Waals surface area (Å²) in [6.45, 7) is 1.67. The van der Waals surface area contributed by atoms with Crippen molar-refractivity contribution in [3.8, 4) is 11.5 Å². The molecule has 4 amide bonds. The van der Waals surface area contributed by atoms with Crippen LogP contribution in [0.25, 0.3) is 6.08 Å². The molecule has 1 aliphatic heterocycles. The molecular weight excluding hydrogens is 472 g/mol. The average molecular weight is 488 g/mol. The van der Waals surface area contributed by atoms with Crippen LogP contribution in [0.3, 0.4) is 0 Å². The molecule has 0 saturated carbocycles. The lowest BCUT2D eigenvalue weighted by Gasteiger charge is -2.26. The van der Waals surface area contributed by atoms with Crippen molar-refractivity contribution in [3.63, 3.8) is 0 Å². The molecule has 2 aromatic carbocycles. The van der Waals surface area contributed by atoms with Crippen molar-refractivity contribution in [2.45, 2.75) is 6.92 Å². The number of hydrogen-bond donors (Lipinski definition) is 1. The van der Waals surface area contributed by atoms with Gasteiger partial charge in [-0.3, -0.25) is 14.9 Å². The molecule has 1 saturated heterocycles. The quantitative estimate of drug-likeness (QED) is 0.464. The van der Waals surface area contributed by atoms with Crippen molar-refractivity contribution >= 4 is 51.5 Å². The number of barbiturate groups is 1. The Hall–Kier alpha value is -3.66. The summed E-state index contributed by atoms with van der Waals surface area (Å²) in [6.07, 6.45) is 1.32. The number of carbonyl (C=O) groups excluding carboxylic acids is 4. The van der Waals surface area contributed by atoms with Gasteiger partial charge in [-0.15, -0.1) is 0 Å². The third kappa shape index (κ3) is 5.10. The maximum Gasteiger partial charge on any atom is 0.335 e. The molecule has 0 radical (unpaired) electrons. The van der Waals surface area contributed by atoms with Crippen LogP contribution in [0.4, 0.5) is 10.5 Å². The lowest BCUT2D eigenvalue weighted by atomic mass is 10.1. The Labute approximate surface area is 185 Å². The first kappa shape index (κ1) is 22.0. The van der Waals surface area contributed by atoms with Gasteiger partial charge < -0.3 is 19.4 Å². The zero-order chi connectivity index (χ0) is 22.5. The van der Waals surface area contributed by atoms with Gasteiger partial charge in [0, 0.05) is 0 Å². The molecule has 1 aliphatic rings. The number of halogens is 1. The predicted molar refractivity (Wildman–Crippen MR) is 111 cm³/mol. The SMILES string of the molecule is CCOc1ccc(N2C(=O)NC(=O)/C(=C\c3ccc(OCC(=O)[O-])c(Br)c3)C2=O)cc1. The van der Waals surface area contributed by atoms with Gasteiger partial charge in [0.1, 0.15) is 23.7 Å². The molecule has 1 fully saturated rings. The van der Waals surface area contributed by atoms with Crippen LogP contribution in [0.15, 0.2) is 52.5 Å². The van der Waals surface area contributed by atoms with Crippen molar-refractivity contribution in [1.82, 2.24) is 5.32 Å². The van der Waals surface area contributed by atoms with E-state index < -0.39 is 30.4 Å². The van der Waals surface area contributed by atoms with E-state index in [0.717, 1.165) is 4.90 Å². The molecule has 0 spiro atoms. The Morgan fingerprint density at radius 1 is 1.13 bits per heavy atom. The van der Waals surface area contributed by atoms with Crippen LogP contribution in [-0.2, 0) is 14.4 Å². The van der Waals surface area contributed by atoms with E-state index in [1.165, 1.54) is 36.4 Å². The fraction of sp³-hybridized carbons (Fsp3) is 0.143. The molecule has 0 unspecified atom stereocenters. The van der Waals surface area contributed by atoms with E-state index in [0.29, 0.717) is 22.4 Å². The minimum Gasteiger partial charge on any atom is -0.546 e. The van der Waals surface area contributed by atoms with Crippen LogP contribution < -0.4 is 24.8 Å². The second kappa shape index (κ2) is 9.43. The average Bonchev–Trinajstić information content (AvgIpc) is 2.71. The number of urea groups is 1. The highest BCUT2D eigenvalue weighted by atomic mass is 79.9. The smallest absolute Gasteiger partial charge is 0.335 e. The second-order valence-electron chi connectivity index (χ2n) is 6.24. The van der Waals surface area contributed by atoms with Crippen molar-refractivity contribution in [2.24, 2.45) is 0 Å². The van der Waals surface area contributed by atoms with Crippen molar-refractivity contribution in [3.05, 3.63) is 58.1 Å². The number of aliphatic carboxylic acids is 1. The number of carbonyl (C=O) groups is 4. The monoisotopic (exact) mass is 487 g/mol. The Bertz CT molecular complexity index is 1080. The summed E-state index contributed by atoms with van der Waals surface area (Å²) in [7, 11) is 0. The number of nitrogens with zero attached hydrogens (tertiary/aromatic N) is 1. The number of carboxylic acids is 1. The zero-order valence-corrected chi connectivity index (χ0v) is 17.8. The van der Waals surface area contributed by atoms with Crippen LogP contribution >= 0.6 is 15.9 Å². The van der Waals surface area contributed by atoms with E-state index in [9.17, 15) is 24.3 Å². The topological polar surface area (TPSA) is 125 Å². The standard InChI is InChI=1S/C21H17BrN2O7/c1-2-30-14-6-4-13(5-7-14)24-20(28)15(19(27)23-21(24)29)9-12-3-8-17(16(22)10-12)31-11-18(25)26/h3-10H,2,11H2,1H3,(H,25,26)(H,23,27,29)/p-1/b15-9+. The number of anilines is 1. The molecule has 0 bridgehead atoms. The number of nitrogens with one attached hydrogen (secondary N) is 1. The van der Waals surface area contributed by atoms with Gasteiger partial charge >= 0.3 is 6.03 Å². The van der Waals surface area contributed by atoms with Crippen molar-refractivity contribution < 1.29 is 33.8 Å². The van der Waals surface area contributed by atoms with Gasteiger partial charge in [0.05, 0.1) is 22.7 Å². The highest BCUT2D eigenvalue weighted by molar-refractivity contribution is 9.10. The third-order valence-corrected chi connectivity index (χ3v) is 4.74. The molecule has 160 valence electrons. The summed E-state index contributed by atoms with van der Waals surface area (Å²) in [5.74, 6) is -2.16. The van der Waals surface area contributed by atoms with Crippen LogP contribution in [0.2, 0.25) is 0 Å². The molecule has 31 heavy (non-hydrogen) atoms. The molecular formula is C21H16BrN2O7-. The first-order valence-corrected chi connectivity index (χ1v) is 9.86. The van der Waals surface area contributed by atoms with Gasteiger partial charge in [-0.25, -0.2) is 9.69 Å². The largest absolute Gasteiger partial charge is 0.546 e. The minimum absolute atomic E-state index is 0.246. The summed E-state index contributed by atoms with van der Waals surface area (Å²) in [5.41, 5.74) is 0.479. The van der Waals surface area contributed by atoms with Crippen LogP contribution in [0, 0.1) is 0 Å². The molecule has 2 aromatic rings. The van der Waals surface area contributed by atoms with Crippen molar-refractivity contribution in [1.29, 1.82) is 0 Å². The van der Waals surface area contributed by atoms with Gasteiger partial charge in [0.15, 0.2) is 0 Å². The number of carboxylic acid groups (broad SMARTS) is 1. The number of amides is 4. The van der Waals surface area contributed by atoms with Crippen molar-refractivity contribution in [2.75, 3.05) is 18.1 Å². The Kier molecular flexibility index (Phi) is 6.71. The third-order valence-electron chi connectivity index (χ3n) is 4.12.